The van der Waals surface area contributed by atoms with Crippen LogP contribution in [0.25, 0.3) is 11.3 Å². The summed E-state index contributed by atoms with van der Waals surface area (Å²) in [7, 11) is 1.63. The lowest BCUT2D eigenvalue weighted by Crippen LogP contribution is -2.55. The summed E-state index contributed by atoms with van der Waals surface area (Å²) < 4.78 is 10.7. The number of anilines is 1. The SMILES string of the molecule is COc1ccc(N2CCN(Cc3cc(-c4cccnc4)no3)[C@H](C)C2=O)cc1. The monoisotopic (exact) mass is 378 g/mol. The molecular formula is C21H22N4O3. The fourth-order valence-electron chi connectivity index (χ4n) is 3.39. The smallest absolute Gasteiger partial charge is 0.244 e. The van der Waals surface area contributed by atoms with Crippen LogP contribution in [-0.2, 0) is 11.3 Å². The number of carbonyl (C=O) groups excluding carboxylic acids is 1. The van der Waals surface area contributed by atoms with Gasteiger partial charge in [-0.3, -0.25) is 14.7 Å². The number of methoxy groups -OCH3 is 1. The first-order valence-corrected chi connectivity index (χ1v) is 9.21. The van der Waals surface area contributed by atoms with Crippen LogP contribution in [0.15, 0.2) is 59.4 Å². The van der Waals surface area contributed by atoms with Gasteiger partial charge in [0.2, 0.25) is 5.91 Å². The molecule has 0 aliphatic carbocycles. The predicted molar refractivity (Wildman–Crippen MR) is 105 cm³/mol. The van der Waals surface area contributed by atoms with E-state index in [1.165, 1.54) is 0 Å². The number of pyridine rings is 1. The van der Waals surface area contributed by atoms with Crippen LogP contribution < -0.4 is 9.64 Å². The normalized spacial score (nSPS) is 17.7. The van der Waals surface area contributed by atoms with Crippen molar-refractivity contribution >= 4 is 11.6 Å². The lowest BCUT2D eigenvalue weighted by Gasteiger charge is -2.38. The van der Waals surface area contributed by atoms with E-state index in [0.29, 0.717) is 13.1 Å². The lowest BCUT2D eigenvalue weighted by atomic mass is 10.1. The number of nitrogens with zero attached hydrogens (tertiary/aromatic N) is 4. The van der Waals surface area contributed by atoms with Gasteiger partial charge < -0.3 is 14.2 Å². The Morgan fingerprint density at radius 1 is 1.21 bits per heavy atom. The number of hydrogen-bond donors (Lipinski definition) is 0. The highest BCUT2D eigenvalue weighted by Gasteiger charge is 2.32. The van der Waals surface area contributed by atoms with Crippen molar-refractivity contribution < 1.29 is 14.1 Å². The highest BCUT2D eigenvalue weighted by Crippen LogP contribution is 2.25. The van der Waals surface area contributed by atoms with Crippen LogP contribution in [0.4, 0.5) is 5.69 Å². The second-order valence-electron chi connectivity index (χ2n) is 6.75. The first-order valence-electron chi connectivity index (χ1n) is 9.21. The molecule has 0 radical (unpaired) electrons. The Bertz CT molecular complexity index is 940. The summed E-state index contributed by atoms with van der Waals surface area (Å²) >= 11 is 0. The minimum absolute atomic E-state index is 0.0726. The van der Waals surface area contributed by atoms with Crippen LogP contribution in [0.1, 0.15) is 12.7 Å². The van der Waals surface area contributed by atoms with Crippen LogP contribution in [0, 0.1) is 0 Å². The van der Waals surface area contributed by atoms with Gasteiger partial charge in [-0.05, 0) is 43.3 Å². The number of hydrogen-bond acceptors (Lipinski definition) is 6. The van der Waals surface area contributed by atoms with Gasteiger partial charge in [-0.2, -0.15) is 0 Å². The first-order chi connectivity index (χ1) is 13.7. The van der Waals surface area contributed by atoms with Gasteiger partial charge in [0.25, 0.3) is 0 Å². The van der Waals surface area contributed by atoms with Crippen LogP contribution in [0.5, 0.6) is 5.75 Å². The molecule has 3 heterocycles. The second-order valence-corrected chi connectivity index (χ2v) is 6.75. The summed E-state index contributed by atoms with van der Waals surface area (Å²) in [6.45, 7) is 3.84. The van der Waals surface area contributed by atoms with E-state index >= 15 is 0 Å². The molecule has 0 bridgehead atoms. The number of piperazine rings is 1. The molecule has 1 aliphatic rings. The van der Waals surface area contributed by atoms with E-state index in [4.69, 9.17) is 9.26 Å². The molecule has 0 N–H and O–H groups in total. The van der Waals surface area contributed by atoms with Gasteiger partial charge in [-0.1, -0.05) is 5.16 Å². The minimum atomic E-state index is -0.247. The molecule has 2 aromatic heterocycles. The zero-order chi connectivity index (χ0) is 19.5. The van der Waals surface area contributed by atoms with Gasteiger partial charge >= 0.3 is 0 Å². The van der Waals surface area contributed by atoms with Crippen LogP contribution >= 0.6 is 0 Å². The molecular weight excluding hydrogens is 356 g/mol. The van der Waals surface area contributed by atoms with Crippen molar-refractivity contribution in [2.45, 2.75) is 19.5 Å². The maximum atomic E-state index is 12.9. The molecule has 1 fully saturated rings. The Balaban J connectivity index is 1.43. The molecule has 144 valence electrons. The average Bonchev–Trinajstić information content (AvgIpc) is 3.21. The summed E-state index contributed by atoms with van der Waals surface area (Å²) in [6, 6.07) is 13.0. The summed E-state index contributed by atoms with van der Waals surface area (Å²) in [5.41, 5.74) is 2.54. The molecule has 1 aliphatic heterocycles. The molecule has 1 atom stereocenters. The largest absolute Gasteiger partial charge is 0.497 e. The van der Waals surface area contributed by atoms with E-state index in [1.807, 2.05) is 54.3 Å². The van der Waals surface area contributed by atoms with E-state index < -0.39 is 0 Å². The number of carbonyl (C=O) groups is 1. The van der Waals surface area contributed by atoms with Gasteiger partial charge in [0.15, 0.2) is 5.76 Å². The molecule has 1 saturated heterocycles. The number of rotatable bonds is 5. The molecule has 4 rings (SSSR count). The maximum Gasteiger partial charge on any atom is 0.244 e. The summed E-state index contributed by atoms with van der Waals surface area (Å²) in [5, 5.41) is 4.13. The van der Waals surface area contributed by atoms with E-state index in [9.17, 15) is 4.79 Å². The van der Waals surface area contributed by atoms with E-state index in [2.05, 4.69) is 15.0 Å². The van der Waals surface area contributed by atoms with Gasteiger partial charge in [0, 0.05) is 42.8 Å². The van der Waals surface area contributed by atoms with Crippen LogP contribution in [0.2, 0.25) is 0 Å². The molecule has 28 heavy (non-hydrogen) atoms. The molecule has 0 unspecified atom stereocenters. The topological polar surface area (TPSA) is 71.7 Å². The zero-order valence-corrected chi connectivity index (χ0v) is 15.9. The molecule has 3 aromatic rings. The average molecular weight is 378 g/mol. The first kappa shape index (κ1) is 18.2. The summed E-state index contributed by atoms with van der Waals surface area (Å²) in [6.07, 6.45) is 3.47. The molecule has 1 aromatic carbocycles. The fourth-order valence-corrected chi connectivity index (χ4v) is 3.39. The summed E-state index contributed by atoms with van der Waals surface area (Å²) in [4.78, 5) is 20.9. The van der Waals surface area contributed by atoms with Crippen molar-refractivity contribution in [3.8, 4) is 17.0 Å². The van der Waals surface area contributed by atoms with Gasteiger partial charge in [-0.25, -0.2) is 0 Å². The Hall–Kier alpha value is -3.19. The van der Waals surface area contributed by atoms with Crippen molar-refractivity contribution in [2.24, 2.45) is 0 Å². The van der Waals surface area contributed by atoms with E-state index in [0.717, 1.165) is 35.0 Å². The third-order valence-corrected chi connectivity index (χ3v) is 5.04. The third-order valence-electron chi connectivity index (χ3n) is 5.04. The molecule has 1 amide bonds. The Labute approximate surface area is 163 Å². The second kappa shape index (κ2) is 7.82. The zero-order valence-electron chi connectivity index (χ0n) is 15.9. The Morgan fingerprint density at radius 2 is 2.04 bits per heavy atom. The van der Waals surface area contributed by atoms with E-state index in [-0.39, 0.29) is 11.9 Å². The van der Waals surface area contributed by atoms with Crippen molar-refractivity contribution in [3.05, 3.63) is 60.6 Å². The molecule has 0 saturated carbocycles. The van der Waals surface area contributed by atoms with Crippen molar-refractivity contribution in [1.82, 2.24) is 15.0 Å². The van der Waals surface area contributed by atoms with Crippen molar-refractivity contribution in [1.29, 1.82) is 0 Å². The quantitative estimate of drug-likeness (QED) is 0.680. The maximum absolute atomic E-state index is 12.9. The Morgan fingerprint density at radius 3 is 2.75 bits per heavy atom. The van der Waals surface area contributed by atoms with Gasteiger partial charge in [-0.15, -0.1) is 0 Å². The minimum Gasteiger partial charge on any atom is -0.497 e. The molecule has 7 nitrogen and oxygen atoms in total. The third kappa shape index (κ3) is 3.61. The number of ether oxygens (including phenoxy) is 1. The highest BCUT2D eigenvalue weighted by atomic mass is 16.5. The lowest BCUT2D eigenvalue weighted by molar-refractivity contribution is -0.125. The standard InChI is InChI=1S/C21H22N4O3/c1-15-21(26)25(17-5-7-18(27-2)8-6-17)11-10-24(15)14-19-12-20(23-28-19)16-4-3-9-22-13-16/h3-9,12-13,15H,10-11,14H2,1-2H3/t15-/m1/s1. The molecule has 7 heteroatoms. The number of amides is 1. The number of aromatic nitrogens is 2. The highest BCUT2D eigenvalue weighted by molar-refractivity contribution is 5.97. The van der Waals surface area contributed by atoms with Gasteiger partial charge in [0.1, 0.15) is 11.4 Å². The van der Waals surface area contributed by atoms with Gasteiger partial charge in [0.05, 0.1) is 19.7 Å². The van der Waals surface area contributed by atoms with Crippen molar-refractivity contribution in [3.63, 3.8) is 0 Å². The van der Waals surface area contributed by atoms with Crippen molar-refractivity contribution in [2.75, 3.05) is 25.1 Å². The summed E-state index contributed by atoms with van der Waals surface area (Å²) in [5.74, 6) is 1.58. The Kier molecular flexibility index (Phi) is 5.08. The predicted octanol–water partition coefficient (Wildman–Crippen LogP) is 2.98. The fraction of sp³-hybridized carbons (Fsp3) is 0.286. The van der Waals surface area contributed by atoms with E-state index in [1.54, 1.807) is 19.5 Å². The number of benzene rings is 1. The van der Waals surface area contributed by atoms with Crippen LogP contribution in [0.3, 0.4) is 0 Å². The van der Waals surface area contributed by atoms with Crippen LogP contribution in [-0.4, -0.2) is 47.2 Å². The molecule has 0 spiro atoms.